The quantitative estimate of drug-likeness (QED) is 0.834. The second-order valence-corrected chi connectivity index (χ2v) is 6.18. The molecule has 18 heavy (non-hydrogen) atoms. The van der Waals surface area contributed by atoms with Gasteiger partial charge < -0.3 is 10.1 Å². The number of ether oxygens (including phenoxy) is 1. The van der Waals surface area contributed by atoms with Gasteiger partial charge in [-0.05, 0) is 46.1 Å². The standard InChI is InChI=1S/C15H30N2O/c1-4-5-14-10-17(12(2)8-9-16-14)11-15-7-6-13(3)18-15/h12-16H,4-11H2,1-3H3. The number of hydrogen-bond donors (Lipinski definition) is 1. The first kappa shape index (κ1) is 14.3. The highest BCUT2D eigenvalue weighted by Crippen LogP contribution is 2.22. The Hall–Kier alpha value is -0.120. The van der Waals surface area contributed by atoms with Gasteiger partial charge in [0.25, 0.3) is 0 Å². The highest BCUT2D eigenvalue weighted by Gasteiger charge is 2.28. The molecule has 0 saturated carbocycles. The third-order valence-electron chi connectivity index (χ3n) is 4.47. The van der Waals surface area contributed by atoms with Crippen LogP contribution in [0.2, 0.25) is 0 Å². The fourth-order valence-electron chi connectivity index (χ4n) is 3.28. The maximum Gasteiger partial charge on any atom is 0.0706 e. The van der Waals surface area contributed by atoms with E-state index in [2.05, 4.69) is 31.0 Å². The molecule has 0 spiro atoms. The fraction of sp³-hybridized carbons (Fsp3) is 1.00. The summed E-state index contributed by atoms with van der Waals surface area (Å²) >= 11 is 0. The number of nitrogens with one attached hydrogen (secondary N) is 1. The molecule has 0 aliphatic carbocycles. The normalized spacial score (nSPS) is 38.8. The van der Waals surface area contributed by atoms with E-state index in [1.165, 1.54) is 45.2 Å². The van der Waals surface area contributed by atoms with Crippen LogP contribution < -0.4 is 5.32 Å². The van der Waals surface area contributed by atoms with Crippen molar-refractivity contribution in [3.05, 3.63) is 0 Å². The minimum atomic E-state index is 0.474. The molecule has 2 aliphatic heterocycles. The van der Waals surface area contributed by atoms with E-state index in [1.54, 1.807) is 0 Å². The van der Waals surface area contributed by atoms with E-state index in [9.17, 15) is 0 Å². The van der Waals surface area contributed by atoms with Crippen LogP contribution in [0.1, 0.15) is 52.9 Å². The Balaban J connectivity index is 1.86. The minimum Gasteiger partial charge on any atom is -0.374 e. The maximum absolute atomic E-state index is 5.99. The smallest absolute Gasteiger partial charge is 0.0706 e. The van der Waals surface area contributed by atoms with Crippen LogP contribution >= 0.6 is 0 Å². The van der Waals surface area contributed by atoms with Gasteiger partial charge in [0.05, 0.1) is 12.2 Å². The molecular weight excluding hydrogens is 224 g/mol. The molecule has 2 rings (SSSR count). The molecule has 2 fully saturated rings. The number of nitrogens with zero attached hydrogens (tertiary/aromatic N) is 1. The van der Waals surface area contributed by atoms with Crippen molar-refractivity contribution >= 4 is 0 Å². The second kappa shape index (κ2) is 6.88. The summed E-state index contributed by atoms with van der Waals surface area (Å²) < 4.78 is 5.99. The largest absolute Gasteiger partial charge is 0.374 e. The molecular formula is C15H30N2O. The molecule has 2 heterocycles. The highest BCUT2D eigenvalue weighted by molar-refractivity contribution is 4.84. The van der Waals surface area contributed by atoms with Crippen LogP contribution in [0.25, 0.3) is 0 Å². The zero-order valence-electron chi connectivity index (χ0n) is 12.3. The zero-order valence-corrected chi connectivity index (χ0v) is 12.3. The molecule has 4 atom stereocenters. The Morgan fingerprint density at radius 3 is 2.72 bits per heavy atom. The second-order valence-electron chi connectivity index (χ2n) is 6.18. The van der Waals surface area contributed by atoms with Gasteiger partial charge in [0.2, 0.25) is 0 Å². The summed E-state index contributed by atoms with van der Waals surface area (Å²) in [5.74, 6) is 0. The van der Waals surface area contributed by atoms with Crippen LogP contribution in [0.3, 0.4) is 0 Å². The van der Waals surface area contributed by atoms with E-state index >= 15 is 0 Å². The lowest BCUT2D eigenvalue weighted by Gasteiger charge is -2.31. The molecule has 2 saturated heterocycles. The van der Waals surface area contributed by atoms with Crippen LogP contribution in [-0.2, 0) is 4.74 Å². The molecule has 1 N–H and O–H groups in total. The third kappa shape index (κ3) is 3.94. The van der Waals surface area contributed by atoms with E-state index in [0.717, 1.165) is 6.54 Å². The van der Waals surface area contributed by atoms with Crippen LogP contribution in [-0.4, -0.2) is 48.8 Å². The van der Waals surface area contributed by atoms with E-state index in [4.69, 9.17) is 4.74 Å². The van der Waals surface area contributed by atoms with Gasteiger partial charge in [-0.25, -0.2) is 0 Å². The Kier molecular flexibility index (Phi) is 5.46. The molecule has 3 heteroatoms. The van der Waals surface area contributed by atoms with E-state index < -0.39 is 0 Å². The molecule has 0 bridgehead atoms. The van der Waals surface area contributed by atoms with Crippen LogP contribution in [0.15, 0.2) is 0 Å². The van der Waals surface area contributed by atoms with Crippen molar-refractivity contribution in [3.63, 3.8) is 0 Å². The van der Waals surface area contributed by atoms with Crippen LogP contribution in [0, 0.1) is 0 Å². The molecule has 0 amide bonds. The summed E-state index contributed by atoms with van der Waals surface area (Å²) in [5.41, 5.74) is 0. The van der Waals surface area contributed by atoms with Gasteiger partial charge in [0, 0.05) is 25.2 Å². The summed E-state index contributed by atoms with van der Waals surface area (Å²) in [4.78, 5) is 2.66. The molecule has 0 aromatic rings. The molecule has 0 aromatic carbocycles. The predicted octanol–water partition coefficient (Wildman–Crippen LogP) is 2.41. The fourth-order valence-corrected chi connectivity index (χ4v) is 3.28. The van der Waals surface area contributed by atoms with Crippen molar-refractivity contribution in [3.8, 4) is 0 Å². The number of rotatable bonds is 4. The third-order valence-corrected chi connectivity index (χ3v) is 4.47. The van der Waals surface area contributed by atoms with Crippen molar-refractivity contribution in [1.29, 1.82) is 0 Å². The van der Waals surface area contributed by atoms with Gasteiger partial charge in [0.1, 0.15) is 0 Å². The van der Waals surface area contributed by atoms with Crippen molar-refractivity contribution in [2.24, 2.45) is 0 Å². The zero-order chi connectivity index (χ0) is 13.0. The van der Waals surface area contributed by atoms with Crippen molar-refractivity contribution in [2.75, 3.05) is 19.6 Å². The highest BCUT2D eigenvalue weighted by atomic mass is 16.5. The minimum absolute atomic E-state index is 0.474. The van der Waals surface area contributed by atoms with Crippen LogP contribution in [0.4, 0.5) is 0 Å². The Morgan fingerprint density at radius 1 is 1.22 bits per heavy atom. The predicted molar refractivity (Wildman–Crippen MR) is 75.9 cm³/mol. The first-order valence-corrected chi connectivity index (χ1v) is 7.82. The summed E-state index contributed by atoms with van der Waals surface area (Å²) in [5, 5.41) is 3.69. The molecule has 0 aromatic heterocycles. The van der Waals surface area contributed by atoms with E-state index in [0.29, 0.717) is 24.3 Å². The molecule has 0 radical (unpaired) electrons. The van der Waals surface area contributed by atoms with Crippen molar-refractivity contribution < 1.29 is 4.74 Å². The summed E-state index contributed by atoms with van der Waals surface area (Å²) in [6, 6.07) is 1.37. The Labute approximate surface area is 112 Å². The van der Waals surface area contributed by atoms with Gasteiger partial charge in [-0.2, -0.15) is 0 Å². The van der Waals surface area contributed by atoms with Gasteiger partial charge in [-0.15, -0.1) is 0 Å². The molecule has 106 valence electrons. The monoisotopic (exact) mass is 254 g/mol. The SMILES string of the molecule is CCCC1CN(CC2CCC(C)O2)C(C)CCN1. The molecule has 2 aliphatic rings. The molecule has 4 unspecified atom stereocenters. The topological polar surface area (TPSA) is 24.5 Å². The van der Waals surface area contributed by atoms with Crippen molar-refractivity contribution in [2.45, 2.75) is 77.2 Å². The number of hydrogen-bond acceptors (Lipinski definition) is 3. The molecule has 3 nitrogen and oxygen atoms in total. The van der Waals surface area contributed by atoms with Gasteiger partial charge in [-0.3, -0.25) is 4.90 Å². The van der Waals surface area contributed by atoms with E-state index in [-0.39, 0.29) is 0 Å². The van der Waals surface area contributed by atoms with Crippen LogP contribution in [0.5, 0.6) is 0 Å². The summed E-state index contributed by atoms with van der Waals surface area (Å²) in [6.07, 6.45) is 7.27. The first-order valence-electron chi connectivity index (χ1n) is 7.82. The lowest BCUT2D eigenvalue weighted by atomic mass is 10.1. The van der Waals surface area contributed by atoms with E-state index in [1.807, 2.05) is 0 Å². The first-order chi connectivity index (χ1) is 8.69. The maximum atomic E-state index is 5.99. The average Bonchev–Trinajstić information content (AvgIpc) is 2.65. The Morgan fingerprint density at radius 2 is 2.06 bits per heavy atom. The summed E-state index contributed by atoms with van der Waals surface area (Å²) in [6.45, 7) is 10.4. The average molecular weight is 254 g/mol. The summed E-state index contributed by atoms with van der Waals surface area (Å²) in [7, 11) is 0. The van der Waals surface area contributed by atoms with Gasteiger partial charge >= 0.3 is 0 Å². The Bertz CT molecular complexity index is 247. The lowest BCUT2D eigenvalue weighted by Crippen LogP contribution is -2.43. The van der Waals surface area contributed by atoms with Gasteiger partial charge in [0.15, 0.2) is 0 Å². The lowest BCUT2D eigenvalue weighted by molar-refractivity contribution is 0.0225. The van der Waals surface area contributed by atoms with Crippen molar-refractivity contribution in [1.82, 2.24) is 10.2 Å². The van der Waals surface area contributed by atoms with Gasteiger partial charge in [-0.1, -0.05) is 13.3 Å².